The molecule has 1 heterocycles. The highest BCUT2D eigenvalue weighted by Gasteiger charge is 2.08. The highest BCUT2D eigenvalue weighted by molar-refractivity contribution is 9.10. The number of rotatable bonds is 2. The van der Waals surface area contributed by atoms with Crippen molar-refractivity contribution in [3.63, 3.8) is 0 Å². The maximum atomic E-state index is 5.33. The lowest BCUT2D eigenvalue weighted by molar-refractivity contribution is 0.420. The molecule has 1 nitrogen and oxygen atoms in total. The smallest absolute Gasteiger partial charge is 0.136 e. The second-order valence-corrected chi connectivity index (χ2v) is 5.05. The van der Waals surface area contributed by atoms with Crippen molar-refractivity contribution in [3.05, 3.63) is 27.5 Å². The Kier molecular flexibility index (Phi) is 2.79. The summed E-state index contributed by atoms with van der Waals surface area (Å²) in [5.41, 5.74) is 0. The average Bonchev–Trinajstić information content (AvgIpc) is 2.63. The predicted molar refractivity (Wildman–Crippen MR) is 65.5 cm³/mol. The molecular formula is C11H11BrOS. The van der Waals surface area contributed by atoms with Crippen LogP contribution in [0.5, 0.6) is 5.75 Å². The lowest BCUT2D eigenvalue weighted by Gasteiger charge is -2.01. The van der Waals surface area contributed by atoms with Crippen molar-refractivity contribution < 1.29 is 4.74 Å². The fourth-order valence-corrected chi connectivity index (χ4v) is 3.14. The van der Waals surface area contributed by atoms with Crippen LogP contribution in [0.1, 0.15) is 11.8 Å². The number of benzene rings is 1. The molecule has 0 unspecified atom stereocenters. The number of aryl methyl sites for hydroxylation is 1. The minimum absolute atomic E-state index is 0.966. The van der Waals surface area contributed by atoms with Crippen molar-refractivity contribution in [3.8, 4) is 5.75 Å². The molecular weight excluding hydrogens is 260 g/mol. The van der Waals surface area contributed by atoms with Gasteiger partial charge in [-0.25, -0.2) is 0 Å². The summed E-state index contributed by atoms with van der Waals surface area (Å²) in [6.45, 7) is 2.17. The molecule has 0 amide bonds. The zero-order valence-corrected chi connectivity index (χ0v) is 10.5. The number of hydrogen-bond acceptors (Lipinski definition) is 2. The summed E-state index contributed by atoms with van der Waals surface area (Å²) in [7, 11) is 1.72. The Morgan fingerprint density at radius 2 is 2.21 bits per heavy atom. The van der Waals surface area contributed by atoms with Crippen LogP contribution < -0.4 is 4.74 Å². The third kappa shape index (κ3) is 1.55. The predicted octanol–water partition coefficient (Wildman–Crippen LogP) is 4.23. The van der Waals surface area contributed by atoms with E-state index in [1.807, 2.05) is 23.5 Å². The summed E-state index contributed by atoms with van der Waals surface area (Å²) in [6.07, 6.45) is 1.08. The van der Waals surface area contributed by atoms with E-state index < -0.39 is 0 Å². The zero-order valence-electron chi connectivity index (χ0n) is 8.13. The molecule has 1 aromatic heterocycles. The van der Waals surface area contributed by atoms with E-state index in [4.69, 9.17) is 4.74 Å². The molecule has 2 rings (SSSR count). The van der Waals surface area contributed by atoms with Gasteiger partial charge in [0.2, 0.25) is 0 Å². The summed E-state index contributed by atoms with van der Waals surface area (Å²) in [5.74, 6) is 0.966. The van der Waals surface area contributed by atoms with Crippen LogP contribution in [0.25, 0.3) is 10.1 Å². The highest BCUT2D eigenvalue weighted by Crippen LogP contribution is 2.37. The van der Waals surface area contributed by atoms with E-state index in [0.29, 0.717) is 0 Å². The van der Waals surface area contributed by atoms with E-state index in [1.165, 1.54) is 15.0 Å². The first kappa shape index (κ1) is 9.99. The maximum absolute atomic E-state index is 5.33. The molecule has 0 saturated heterocycles. The molecule has 2 aromatic rings. The third-order valence-corrected chi connectivity index (χ3v) is 4.20. The first-order chi connectivity index (χ1) is 6.76. The summed E-state index contributed by atoms with van der Waals surface area (Å²) < 4.78 is 7.71. The highest BCUT2D eigenvalue weighted by atomic mass is 79.9. The number of halogens is 1. The van der Waals surface area contributed by atoms with E-state index in [1.54, 1.807) is 7.11 Å². The molecule has 0 aliphatic rings. The Bertz CT molecular complexity index is 462. The van der Waals surface area contributed by atoms with E-state index >= 15 is 0 Å². The van der Waals surface area contributed by atoms with Gasteiger partial charge in [-0.15, -0.1) is 11.3 Å². The normalized spacial score (nSPS) is 10.8. The fourth-order valence-electron chi connectivity index (χ4n) is 1.45. The van der Waals surface area contributed by atoms with Gasteiger partial charge in [-0.1, -0.05) is 22.9 Å². The molecule has 0 saturated carbocycles. The minimum Gasteiger partial charge on any atom is -0.495 e. The summed E-state index contributed by atoms with van der Waals surface area (Å²) >= 11 is 5.36. The Morgan fingerprint density at radius 1 is 1.43 bits per heavy atom. The number of thiophene rings is 1. The molecule has 0 atom stereocenters. The second kappa shape index (κ2) is 3.91. The monoisotopic (exact) mass is 270 g/mol. The van der Waals surface area contributed by atoms with Crippen molar-refractivity contribution in [2.75, 3.05) is 7.11 Å². The maximum Gasteiger partial charge on any atom is 0.136 e. The van der Waals surface area contributed by atoms with Gasteiger partial charge >= 0.3 is 0 Å². The van der Waals surface area contributed by atoms with Gasteiger partial charge in [0, 0.05) is 14.7 Å². The van der Waals surface area contributed by atoms with Crippen LogP contribution in [-0.2, 0) is 6.42 Å². The minimum atomic E-state index is 0.966. The van der Waals surface area contributed by atoms with Crippen molar-refractivity contribution in [2.24, 2.45) is 0 Å². The molecule has 14 heavy (non-hydrogen) atoms. The fraction of sp³-hybridized carbons (Fsp3) is 0.273. The molecule has 0 aliphatic carbocycles. The van der Waals surface area contributed by atoms with Gasteiger partial charge in [-0.05, 0) is 24.6 Å². The average molecular weight is 271 g/mol. The van der Waals surface area contributed by atoms with Crippen LogP contribution in [-0.4, -0.2) is 7.11 Å². The summed E-state index contributed by atoms with van der Waals surface area (Å²) in [6, 6.07) is 6.27. The van der Waals surface area contributed by atoms with Crippen molar-refractivity contribution in [2.45, 2.75) is 13.3 Å². The van der Waals surface area contributed by atoms with E-state index in [9.17, 15) is 0 Å². The molecule has 0 radical (unpaired) electrons. The number of hydrogen-bond donors (Lipinski definition) is 0. The van der Waals surface area contributed by atoms with Gasteiger partial charge < -0.3 is 4.74 Å². The molecule has 3 heteroatoms. The third-order valence-electron chi connectivity index (χ3n) is 2.21. The molecule has 0 fully saturated rings. The number of methoxy groups -OCH3 is 1. The Balaban J connectivity index is 2.74. The first-order valence-corrected chi connectivity index (χ1v) is 6.12. The Morgan fingerprint density at radius 3 is 2.86 bits per heavy atom. The molecule has 0 N–H and O–H groups in total. The summed E-state index contributed by atoms with van der Waals surface area (Å²) in [5, 5.41) is 1.26. The summed E-state index contributed by atoms with van der Waals surface area (Å²) in [4.78, 5) is 1.39. The van der Waals surface area contributed by atoms with Gasteiger partial charge in [0.15, 0.2) is 0 Å². The van der Waals surface area contributed by atoms with Crippen LogP contribution in [0, 0.1) is 0 Å². The largest absolute Gasteiger partial charge is 0.495 e. The number of fused-ring (bicyclic) bond motifs is 1. The van der Waals surface area contributed by atoms with Crippen molar-refractivity contribution >= 4 is 37.4 Å². The molecule has 0 spiro atoms. The molecule has 1 aromatic carbocycles. The van der Waals surface area contributed by atoms with Crippen LogP contribution in [0.4, 0.5) is 0 Å². The Hall–Kier alpha value is -0.540. The van der Waals surface area contributed by atoms with E-state index in [2.05, 4.69) is 28.9 Å². The van der Waals surface area contributed by atoms with Crippen LogP contribution >= 0.6 is 27.3 Å². The van der Waals surface area contributed by atoms with Gasteiger partial charge in [0.1, 0.15) is 5.75 Å². The van der Waals surface area contributed by atoms with Gasteiger partial charge in [-0.2, -0.15) is 0 Å². The van der Waals surface area contributed by atoms with E-state index in [0.717, 1.165) is 16.6 Å². The molecule has 0 aliphatic heterocycles. The van der Waals surface area contributed by atoms with Crippen molar-refractivity contribution in [1.82, 2.24) is 0 Å². The van der Waals surface area contributed by atoms with Gasteiger partial charge in [0.05, 0.1) is 11.8 Å². The Labute approximate surface area is 95.8 Å². The van der Waals surface area contributed by atoms with E-state index in [-0.39, 0.29) is 0 Å². The van der Waals surface area contributed by atoms with Gasteiger partial charge in [-0.3, -0.25) is 0 Å². The van der Waals surface area contributed by atoms with Crippen molar-refractivity contribution in [1.29, 1.82) is 0 Å². The lowest BCUT2D eigenvalue weighted by Crippen LogP contribution is -1.81. The first-order valence-electron chi connectivity index (χ1n) is 4.51. The SMILES string of the molecule is CCc1cc2c(Br)ccc(OC)c2s1. The van der Waals surface area contributed by atoms with Crippen LogP contribution in [0.2, 0.25) is 0 Å². The molecule has 74 valence electrons. The standard InChI is InChI=1S/C11H11BrOS/c1-3-7-6-8-9(12)4-5-10(13-2)11(8)14-7/h4-6H,3H2,1-2H3. The molecule has 0 bridgehead atoms. The topological polar surface area (TPSA) is 9.23 Å². The zero-order chi connectivity index (χ0) is 10.1. The number of ether oxygens (including phenoxy) is 1. The van der Waals surface area contributed by atoms with Crippen LogP contribution in [0.3, 0.4) is 0 Å². The van der Waals surface area contributed by atoms with Gasteiger partial charge in [0.25, 0.3) is 0 Å². The second-order valence-electron chi connectivity index (χ2n) is 3.06. The quantitative estimate of drug-likeness (QED) is 0.794. The lowest BCUT2D eigenvalue weighted by atomic mass is 10.2. The van der Waals surface area contributed by atoms with Crippen LogP contribution in [0.15, 0.2) is 22.7 Å².